The van der Waals surface area contributed by atoms with Crippen molar-refractivity contribution in [2.75, 3.05) is 0 Å². The Labute approximate surface area is 139 Å². The summed E-state index contributed by atoms with van der Waals surface area (Å²) in [7, 11) is 0. The van der Waals surface area contributed by atoms with Crippen molar-refractivity contribution in [1.82, 2.24) is 9.55 Å². The smallest absolute Gasteiger partial charge is 0.261 e. The Morgan fingerprint density at radius 2 is 1.91 bits per heavy atom. The summed E-state index contributed by atoms with van der Waals surface area (Å²) < 4.78 is 2.19. The summed E-state index contributed by atoms with van der Waals surface area (Å²) in [5, 5.41) is 0.863. The van der Waals surface area contributed by atoms with Crippen molar-refractivity contribution in [3.05, 3.63) is 74.2 Å². The van der Waals surface area contributed by atoms with Crippen molar-refractivity contribution in [1.29, 1.82) is 0 Å². The van der Waals surface area contributed by atoms with Crippen LogP contribution < -0.4 is 5.56 Å². The van der Waals surface area contributed by atoms with Gasteiger partial charge in [0.25, 0.3) is 5.56 Å². The van der Waals surface area contributed by atoms with E-state index in [0.29, 0.717) is 21.5 Å². The van der Waals surface area contributed by atoms with Crippen LogP contribution in [-0.4, -0.2) is 15.3 Å². The predicted octanol–water partition coefficient (Wildman–Crippen LogP) is 3.70. The van der Waals surface area contributed by atoms with Gasteiger partial charge in [-0.15, -0.1) is 0 Å². The summed E-state index contributed by atoms with van der Waals surface area (Å²) in [6, 6.07) is 11.9. The highest BCUT2D eigenvalue weighted by Crippen LogP contribution is 2.15. The first-order valence-electron chi connectivity index (χ1n) is 6.48. The molecule has 0 saturated heterocycles. The van der Waals surface area contributed by atoms with Crippen molar-refractivity contribution in [2.45, 2.75) is 6.54 Å². The Hall–Kier alpha value is -1.98. The van der Waals surface area contributed by atoms with E-state index in [1.807, 2.05) is 0 Å². The average molecular weight is 378 g/mol. The molecule has 1 aromatic heterocycles. The lowest BCUT2D eigenvalue weighted by Crippen LogP contribution is -2.24. The quantitative estimate of drug-likeness (QED) is 0.654. The number of halogens is 2. The Balaban J connectivity index is 1.97. The highest BCUT2D eigenvalue weighted by Gasteiger charge is 2.10. The third-order valence-corrected chi connectivity index (χ3v) is 4.03. The van der Waals surface area contributed by atoms with Gasteiger partial charge in [-0.25, -0.2) is 4.98 Å². The van der Waals surface area contributed by atoms with E-state index in [4.69, 9.17) is 11.6 Å². The van der Waals surface area contributed by atoms with Crippen LogP contribution in [0, 0.1) is 0 Å². The molecular weight excluding hydrogens is 368 g/mol. The molecule has 0 radical (unpaired) electrons. The van der Waals surface area contributed by atoms with E-state index in [1.165, 1.54) is 10.9 Å². The molecule has 22 heavy (non-hydrogen) atoms. The summed E-state index contributed by atoms with van der Waals surface area (Å²) in [4.78, 5) is 28.8. The second-order valence-electron chi connectivity index (χ2n) is 4.77. The molecule has 0 fully saturated rings. The zero-order valence-corrected chi connectivity index (χ0v) is 13.6. The van der Waals surface area contributed by atoms with Crippen LogP contribution in [0.4, 0.5) is 0 Å². The average Bonchev–Trinajstić information content (AvgIpc) is 2.51. The second-order valence-corrected chi connectivity index (χ2v) is 6.12. The van der Waals surface area contributed by atoms with Crippen LogP contribution in [0.15, 0.2) is 58.1 Å². The topological polar surface area (TPSA) is 52.0 Å². The molecule has 0 atom stereocenters. The minimum Gasteiger partial charge on any atom is -0.292 e. The molecular formula is C16H10BrClN2O2. The molecule has 0 aliphatic heterocycles. The molecule has 0 aliphatic carbocycles. The molecule has 0 amide bonds. The van der Waals surface area contributed by atoms with E-state index >= 15 is 0 Å². The van der Waals surface area contributed by atoms with Gasteiger partial charge < -0.3 is 0 Å². The van der Waals surface area contributed by atoms with E-state index < -0.39 is 0 Å². The molecule has 0 unspecified atom stereocenters. The molecule has 6 heteroatoms. The molecule has 0 saturated carbocycles. The lowest BCUT2D eigenvalue weighted by molar-refractivity contribution is 0.0970. The number of ketones is 1. The third-order valence-electron chi connectivity index (χ3n) is 3.27. The van der Waals surface area contributed by atoms with Crippen LogP contribution >= 0.6 is 27.5 Å². The number of hydrogen-bond donors (Lipinski definition) is 0. The van der Waals surface area contributed by atoms with Crippen LogP contribution in [-0.2, 0) is 6.54 Å². The van der Waals surface area contributed by atoms with Gasteiger partial charge in [0.05, 0.1) is 23.8 Å². The van der Waals surface area contributed by atoms with Crippen molar-refractivity contribution >= 4 is 44.2 Å². The highest BCUT2D eigenvalue weighted by molar-refractivity contribution is 9.10. The zero-order valence-electron chi connectivity index (χ0n) is 11.3. The van der Waals surface area contributed by atoms with Gasteiger partial charge in [0.2, 0.25) is 0 Å². The maximum absolute atomic E-state index is 12.4. The monoisotopic (exact) mass is 376 g/mol. The van der Waals surface area contributed by atoms with E-state index in [0.717, 1.165) is 4.47 Å². The Morgan fingerprint density at radius 1 is 1.18 bits per heavy atom. The highest BCUT2D eigenvalue weighted by atomic mass is 79.9. The number of fused-ring (bicyclic) bond motifs is 1. The number of carbonyl (C=O) groups is 1. The largest absolute Gasteiger partial charge is 0.292 e. The van der Waals surface area contributed by atoms with Gasteiger partial charge in [0.1, 0.15) is 0 Å². The summed E-state index contributed by atoms with van der Waals surface area (Å²) in [6.07, 6.45) is 1.38. The minimum absolute atomic E-state index is 0.0596. The molecule has 3 aromatic rings. The fraction of sp³-hybridized carbons (Fsp3) is 0.0625. The Kier molecular flexibility index (Phi) is 4.09. The fourth-order valence-corrected chi connectivity index (χ4v) is 2.56. The second kappa shape index (κ2) is 6.02. The van der Waals surface area contributed by atoms with Gasteiger partial charge in [-0.1, -0.05) is 39.7 Å². The summed E-state index contributed by atoms with van der Waals surface area (Å²) >= 11 is 9.23. The zero-order chi connectivity index (χ0) is 15.7. The number of hydrogen-bond acceptors (Lipinski definition) is 3. The first kappa shape index (κ1) is 14.9. The molecule has 2 aromatic carbocycles. The maximum atomic E-state index is 12.4. The van der Waals surface area contributed by atoms with Gasteiger partial charge in [-0.3, -0.25) is 14.2 Å². The first-order chi connectivity index (χ1) is 10.5. The standard InChI is InChI=1S/C16H10BrClN2O2/c17-11-3-1-10(2-4-11)15(21)8-20-9-19-14-6-5-12(18)7-13(14)16(20)22/h1-7,9H,8H2. The normalized spacial score (nSPS) is 10.8. The molecule has 0 N–H and O–H groups in total. The van der Waals surface area contributed by atoms with Gasteiger partial charge in [0.15, 0.2) is 5.78 Å². The van der Waals surface area contributed by atoms with Gasteiger partial charge in [-0.05, 0) is 30.3 Å². The summed E-state index contributed by atoms with van der Waals surface area (Å²) in [6.45, 7) is -0.0596. The lowest BCUT2D eigenvalue weighted by atomic mass is 10.1. The molecule has 110 valence electrons. The van der Waals surface area contributed by atoms with Crippen LogP contribution in [0.1, 0.15) is 10.4 Å². The molecule has 3 rings (SSSR count). The molecule has 4 nitrogen and oxygen atoms in total. The molecule has 0 spiro atoms. The Bertz CT molecular complexity index is 920. The van der Waals surface area contributed by atoms with Crippen molar-refractivity contribution in [3.8, 4) is 0 Å². The van der Waals surface area contributed by atoms with Crippen molar-refractivity contribution < 1.29 is 4.79 Å². The fourth-order valence-electron chi connectivity index (χ4n) is 2.13. The molecule has 0 aliphatic rings. The number of rotatable bonds is 3. The number of benzene rings is 2. The van der Waals surface area contributed by atoms with Crippen LogP contribution in [0.2, 0.25) is 5.02 Å². The number of aromatic nitrogens is 2. The predicted molar refractivity (Wildman–Crippen MR) is 89.5 cm³/mol. The number of carbonyl (C=O) groups excluding carboxylic acids is 1. The molecule has 1 heterocycles. The summed E-state index contributed by atoms with van der Waals surface area (Å²) in [5.74, 6) is -0.155. The van der Waals surface area contributed by atoms with Crippen LogP contribution in [0.25, 0.3) is 10.9 Å². The van der Waals surface area contributed by atoms with Gasteiger partial charge in [0, 0.05) is 15.1 Å². The van der Waals surface area contributed by atoms with Gasteiger partial charge >= 0.3 is 0 Å². The van der Waals surface area contributed by atoms with Crippen LogP contribution in [0.3, 0.4) is 0 Å². The number of Topliss-reactive ketones (excluding diaryl/α,β-unsaturated/α-hetero) is 1. The lowest BCUT2D eigenvalue weighted by Gasteiger charge is -2.06. The molecule has 0 bridgehead atoms. The van der Waals surface area contributed by atoms with Crippen molar-refractivity contribution in [2.24, 2.45) is 0 Å². The minimum atomic E-state index is -0.280. The number of nitrogens with zero attached hydrogens (tertiary/aromatic N) is 2. The maximum Gasteiger partial charge on any atom is 0.261 e. The van der Waals surface area contributed by atoms with E-state index in [9.17, 15) is 9.59 Å². The Morgan fingerprint density at radius 3 is 2.64 bits per heavy atom. The van der Waals surface area contributed by atoms with Gasteiger partial charge in [-0.2, -0.15) is 0 Å². The summed E-state index contributed by atoms with van der Waals surface area (Å²) in [5.41, 5.74) is 0.820. The third kappa shape index (κ3) is 2.96. The van der Waals surface area contributed by atoms with E-state index in [2.05, 4.69) is 20.9 Å². The van der Waals surface area contributed by atoms with Crippen molar-refractivity contribution in [3.63, 3.8) is 0 Å². The van der Waals surface area contributed by atoms with E-state index in [-0.39, 0.29) is 17.9 Å². The van der Waals surface area contributed by atoms with Crippen LogP contribution in [0.5, 0.6) is 0 Å². The first-order valence-corrected chi connectivity index (χ1v) is 7.65. The van der Waals surface area contributed by atoms with E-state index in [1.54, 1.807) is 42.5 Å². The SMILES string of the molecule is O=C(Cn1cnc2ccc(Cl)cc2c1=O)c1ccc(Br)cc1.